The summed E-state index contributed by atoms with van der Waals surface area (Å²) in [5.41, 5.74) is 0. The highest BCUT2D eigenvalue weighted by atomic mass is 32.2. The Morgan fingerprint density at radius 3 is 2.39 bits per heavy atom. The van der Waals surface area contributed by atoms with E-state index in [9.17, 15) is 13.2 Å². The summed E-state index contributed by atoms with van der Waals surface area (Å²) in [6, 6.07) is 11.2. The first-order valence-electron chi connectivity index (χ1n) is 7.35. The molecule has 0 aliphatic rings. The third-order valence-electron chi connectivity index (χ3n) is 3.28. The number of amides is 1. The van der Waals surface area contributed by atoms with Gasteiger partial charge in [-0.15, -0.1) is 11.3 Å². The van der Waals surface area contributed by atoms with Crippen molar-refractivity contribution in [2.24, 2.45) is 0 Å². The summed E-state index contributed by atoms with van der Waals surface area (Å²) in [6.45, 7) is 4.01. The van der Waals surface area contributed by atoms with Crippen LogP contribution >= 0.6 is 11.3 Å². The summed E-state index contributed by atoms with van der Waals surface area (Å²) in [7, 11) is -3.70. The number of thiophene rings is 1. The van der Waals surface area contributed by atoms with Crippen LogP contribution in [0.2, 0.25) is 0 Å². The second-order valence-corrected chi connectivity index (χ2v) is 8.06. The lowest BCUT2D eigenvalue weighted by Crippen LogP contribution is -2.44. The highest BCUT2D eigenvalue weighted by Gasteiger charge is 2.21. The maximum atomic E-state index is 12.2. The molecule has 0 bridgehead atoms. The second-order valence-electron chi connectivity index (χ2n) is 5.10. The molecule has 0 aliphatic heterocycles. The Kier molecular flexibility index (Phi) is 5.92. The fourth-order valence-corrected chi connectivity index (χ4v) is 4.11. The van der Waals surface area contributed by atoms with Crippen LogP contribution in [0.15, 0.2) is 47.4 Å². The zero-order valence-electron chi connectivity index (χ0n) is 13.1. The van der Waals surface area contributed by atoms with Crippen molar-refractivity contribution >= 4 is 27.3 Å². The van der Waals surface area contributed by atoms with Crippen molar-refractivity contribution in [3.8, 4) is 0 Å². The van der Waals surface area contributed by atoms with Gasteiger partial charge in [0.05, 0.1) is 17.5 Å². The van der Waals surface area contributed by atoms with E-state index in [1.54, 1.807) is 29.5 Å². The van der Waals surface area contributed by atoms with Gasteiger partial charge in [0.2, 0.25) is 15.9 Å². The molecule has 23 heavy (non-hydrogen) atoms. The molecule has 0 fully saturated rings. The summed E-state index contributed by atoms with van der Waals surface area (Å²) in [5.74, 6) is -0.351. The van der Waals surface area contributed by atoms with Crippen molar-refractivity contribution in [1.82, 2.24) is 10.0 Å². The number of hydrogen-bond acceptors (Lipinski definition) is 4. The van der Waals surface area contributed by atoms with Crippen molar-refractivity contribution in [3.63, 3.8) is 0 Å². The number of benzene rings is 1. The van der Waals surface area contributed by atoms with Crippen molar-refractivity contribution in [2.75, 3.05) is 0 Å². The Labute approximate surface area is 140 Å². The molecule has 5 nitrogen and oxygen atoms in total. The Morgan fingerprint density at radius 2 is 1.78 bits per heavy atom. The predicted octanol–water partition coefficient (Wildman–Crippen LogP) is 2.29. The van der Waals surface area contributed by atoms with Crippen LogP contribution in [0.5, 0.6) is 0 Å². The standard InChI is InChI=1S/C16H20N2O3S2/c1-3-13-9-10-14(22-13)11-17-16(19)12(2)18-23(20,21)15-7-5-4-6-8-15/h4-10,12,18H,3,11H2,1-2H3,(H,17,19)/t12-/m0/s1. The molecule has 7 heteroatoms. The molecule has 0 radical (unpaired) electrons. The molecule has 1 aromatic carbocycles. The van der Waals surface area contributed by atoms with Crippen molar-refractivity contribution in [1.29, 1.82) is 0 Å². The average molecular weight is 352 g/mol. The van der Waals surface area contributed by atoms with E-state index in [1.807, 2.05) is 12.1 Å². The molecular formula is C16H20N2O3S2. The SMILES string of the molecule is CCc1ccc(CNC(=O)[C@H](C)NS(=O)(=O)c2ccccc2)s1. The van der Waals surface area contributed by atoms with Crippen molar-refractivity contribution < 1.29 is 13.2 Å². The zero-order valence-corrected chi connectivity index (χ0v) is 14.7. The van der Waals surface area contributed by atoms with Gasteiger partial charge in [0.15, 0.2) is 0 Å². The largest absolute Gasteiger partial charge is 0.350 e. The summed E-state index contributed by atoms with van der Waals surface area (Å²) in [5, 5.41) is 2.75. The number of aryl methyl sites for hydroxylation is 1. The minimum atomic E-state index is -3.70. The van der Waals surface area contributed by atoms with E-state index in [-0.39, 0.29) is 10.8 Å². The van der Waals surface area contributed by atoms with E-state index in [4.69, 9.17) is 0 Å². The highest BCUT2D eigenvalue weighted by Crippen LogP contribution is 2.16. The molecule has 2 rings (SSSR count). The van der Waals surface area contributed by atoms with Gasteiger partial charge in [-0.2, -0.15) is 4.72 Å². The molecular weight excluding hydrogens is 332 g/mol. The fourth-order valence-electron chi connectivity index (χ4n) is 1.99. The molecule has 0 aliphatic carbocycles. The first-order chi connectivity index (χ1) is 10.9. The van der Waals surface area contributed by atoms with Gasteiger partial charge in [0.25, 0.3) is 0 Å². The molecule has 1 amide bonds. The molecule has 1 atom stereocenters. The van der Waals surface area contributed by atoms with Gasteiger partial charge >= 0.3 is 0 Å². The Bertz CT molecular complexity index is 755. The number of hydrogen-bond donors (Lipinski definition) is 2. The third-order valence-corrected chi connectivity index (χ3v) is 6.07. The quantitative estimate of drug-likeness (QED) is 0.803. The maximum Gasteiger partial charge on any atom is 0.241 e. The average Bonchev–Trinajstić information content (AvgIpc) is 3.01. The smallest absolute Gasteiger partial charge is 0.241 e. The van der Waals surface area contributed by atoms with Crippen LogP contribution in [0.25, 0.3) is 0 Å². The summed E-state index contributed by atoms with van der Waals surface area (Å²) in [4.78, 5) is 14.5. The van der Waals surface area contributed by atoms with Crippen molar-refractivity contribution in [3.05, 3.63) is 52.2 Å². The monoisotopic (exact) mass is 352 g/mol. The lowest BCUT2D eigenvalue weighted by atomic mass is 10.3. The van der Waals surface area contributed by atoms with Gasteiger partial charge in [-0.25, -0.2) is 8.42 Å². The molecule has 2 N–H and O–H groups in total. The topological polar surface area (TPSA) is 75.3 Å². The Balaban J connectivity index is 1.92. The predicted molar refractivity (Wildman–Crippen MR) is 91.8 cm³/mol. The normalized spacial score (nSPS) is 12.8. The third kappa shape index (κ3) is 4.89. The number of sulfonamides is 1. The first-order valence-corrected chi connectivity index (χ1v) is 9.65. The fraction of sp³-hybridized carbons (Fsp3) is 0.312. The van der Waals surface area contributed by atoms with Crippen LogP contribution in [-0.2, 0) is 27.8 Å². The van der Waals surface area contributed by atoms with Crippen LogP contribution in [0, 0.1) is 0 Å². The van der Waals surface area contributed by atoms with E-state index in [0.29, 0.717) is 6.54 Å². The molecule has 0 unspecified atom stereocenters. The van der Waals surface area contributed by atoms with E-state index >= 15 is 0 Å². The molecule has 124 valence electrons. The summed E-state index contributed by atoms with van der Waals surface area (Å²) >= 11 is 1.64. The van der Waals surface area contributed by atoms with Crippen molar-refractivity contribution in [2.45, 2.75) is 37.8 Å². The van der Waals surface area contributed by atoms with E-state index < -0.39 is 16.1 Å². The van der Waals surface area contributed by atoms with Gasteiger partial charge in [0, 0.05) is 9.75 Å². The van der Waals surface area contributed by atoms with Crippen LogP contribution < -0.4 is 10.0 Å². The molecule has 1 aromatic heterocycles. The highest BCUT2D eigenvalue weighted by molar-refractivity contribution is 7.89. The number of nitrogens with one attached hydrogen (secondary N) is 2. The maximum absolute atomic E-state index is 12.2. The van der Waals surface area contributed by atoms with Gasteiger partial charge in [-0.05, 0) is 37.6 Å². The zero-order chi connectivity index (χ0) is 16.9. The van der Waals surface area contributed by atoms with Gasteiger partial charge in [-0.1, -0.05) is 25.1 Å². The van der Waals surface area contributed by atoms with E-state index in [1.165, 1.54) is 23.9 Å². The molecule has 0 saturated heterocycles. The van der Waals surface area contributed by atoms with Gasteiger partial charge in [-0.3, -0.25) is 4.79 Å². The first kappa shape index (κ1) is 17.7. The minimum absolute atomic E-state index is 0.144. The summed E-state index contributed by atoms with van der Waals surface area (Å²) in [6.07, 6.45) is 0.964. The van der Waals surface area contributed by atoms with Crippen LogP contribution in [0.3, 0.4) is 0 Å². The summed E-state index contributed by atoms with van der Waals surface area (Å²) < 4.78 is 26.7. The van der Waals surface area contributed by atoms with Gasteiger partial charge in [0.1, 0.15) is 0 Å². The Morgan fingerprint density at radius 1 is 1.13 bits per heavy atom. The molecule has 2 aromatic rings. The van der Waals surface area contributed by atoms with Crippen LogP contribution in [0.1, 0.15) is 23.6 Å². The van der Waals surface area contributed by atoms with Crippen LogP contribution in [-0.4, -0.2) is 20.4 Å². The van der Waals surface area contributed by atoms with E-state index in [2.05, 4.69) is 17.0 Å². The number of rotatable bonds is 7. The lowest BCUT2D eigenvalue weighted by molar-refractivity contribution is -0.122. The Hall–Kier alpha value is -1.70. The lowest BCUT2D eigenvalue weighted by Gasteiger charge is -2.14. The number of carbonyl (C=O) groups is 1. The van der Waals surface area contributed by atoms with E-state index in [0.717, 1.165) is 11.3 Å². The number of carbonyl (C=O) groups excluding carboxylic acids is 1. The molecule has 0 spiro atoms. The minimum Gasteiger partial charge on any atom is -0.350 e. The van der Waals surface area contributed by atoms with Crippen LogP contribution in [0.4, 0.5) is 0 Å². The second kappa shape index (κ2) is 7.72. The molecule has 0 saturated carbocycles. The molecule has 1 heterocycles. The van der Waals surface area contributed by atoms with Gasteiger partial charge < -0.3 is 5.32 Å².